The number of hydrogen-bond donors (Lipinski definition) is 2. The van der Waals surface area contributed by atoms with Crippen LogP contribution in [0, 0.1) is 19.8 Å². The van der Waals surface area contributed by atoms with Crippen LogP contribution in [0.1, 0.15) is 41.8 Å². The first-order valence-corrected chi connectivity index (χ1v) is 7.14. The highest BCUT2D eigenvalue weighted by molar-refractivity contribution is 5.96. The van der Waals surface area contributed by atoms with Crippen molar-refractivity contribution in [1.82, 2.24) is 5.32 Å². The lowest BCUT2D eigenvalue weighted by molar-refractivity contribution is 0.0924. The molecule has 0 unspecified atom stereocenters. The second-order valence-corrected chi connectivity index (χ2v) is 5.60. The van der Waals surface area contributed by atoms with Gasteiger partial charge in [-0.25, -0.2) is 0 Å². The molecule has 4 nitrogen and oxygen atoms in total. The van der Waals surface area contributed by atoms with E-state index >= 15 is 0 Å². The van der Waals surface area contributed by atoms with Gasteiger partial charge in [-0.3, -0.25) is 4.79 Å². The molecular weight excluding hydrogens is 252 g/mol. The van der Waals surface area contributed by atoms with E-state index in [0.29, 0.717) is 30.3 Å². The number of aryl methyl sites for hydroxylation is 2. The Labute approximate surface area is 121 Å². The van der Waals surface area contributed by atoms with Gasteiger partial charge in [0, 0.05) is 31.0 Å². The first-order valence-electron chi connectivity index (χ1n) is 7.14. The Balaban J connectivity index is 2.38. The predicted octanol–water partition coefficient (Wildman–Crippen LogP) is 2.68. The van der Waals surface area contributed by atoms with Crippen LogP contribution in [0.25, 0.3) is 0 Å². The molecule has 0 aliphatic rings. The van der Waals surface area contributed by atoms with Crippen LogP contribution >= 0.6 is 0 Å². The fourth-order valence-electron chi connectivity index (χ4n) is 1.90. The van der Waals surface area contributed by atoms with Gasteiger partial charge in [-0.1, -0.05) is 19.9 Å². The van der Waals surface area contributed by atoms with E-state index in [1.807, 2.05) is 19.9 Å². The summed E-state index contributed by atoms with van der Waals surface area (Å²) in [6.45, 7) is 10.2. The van der Waals surface area contributed by atoms with Crippen LogP contribution in [0.2, 0.25) is 0 Å². The number of anilines is 1. The molecule has 3 N–H and O–H groups in total. The quantitative estimate of drug-likeness (QED) is 0.595. The van der Waals surface area contributed by atoms with Crippen molar-refractivity contribution in [2.75, 3.05) is 25.5 Å². The van der Waals surface area contributed by atoms with E-state index < -0.39 is 0 Å². The normalized spacial score (nSPS) is 10.8. The molecule has 1 amide bonds. The summed E-state index contributed by atoms with van der Waals surface area (Å²) >= 11 is 0. The van der Waals surface area contributed by atoms with E-state index in [1.165, 1.54) is 0 Å². The van der Waals surface area contributed by atoms with E-state index in [2.05, 4.69) is 19.2 Å². The zero-order valence-corrected chi connectivity index (χ0v) is 13.0. The Kier molecular flexibility index (Phi) is 6.52. The third-order valence-corrected chi connectivity index (χ3v) is 3.06. The Bertz CT molecular complexity index is 456. The van der Waals surface area contributed by atoms with Gasteiger partial charge in [0.05, 0.1) is 0 Å². The van der Waals surface area contributed by atoms with Gasteiger partial charge < -0.3 is 15.8 Å². The van der Waals surface area contributed by atoms with Crippen molar-refractivity contribution >= 4 is 11.6 Å². The lowest BCUT2D eigenvalue weighted by Crippen LogP contribution is -2.26. The Morgan fingerprint density at radius 1 is 1.30 bits per heavy atom. The number of hydrogen-bond acceptors (Lipinski definition) is 3. The minimum Gasteiger partial charge on any atom is -0.398 e. The Morgan fingerprint density at radius 3 is 2.65 bits per heavy atom. The number of rotatable bonds is 7. The summed E-state index contributed by atoms with van der Waals surface area (Å²) in [6, 6.07) is 3.69. The minimum absolute atomic E-state index is 0.0712. The predicted molar refractivity (Wildman–Crippen MR) is 82.9 cm³/mol. The SMILES string of the molecule is Cc1cc(C)c(C(=O)NCCCOCC(C)C)cc1N. The molecule has 1 aromatic carbocycles. The first-order chi connectivity index (χ1) is 9.41. The van der Waals surface area contributed by atoms with Crippen LogP contribution in [0.5, 0.6) is 0 Å². The number of benzene rings is 1. The number of carbonyl (C=O) groups is 1. The number of carbonyl (C=O) groups excluding carboxylic acids is 1. The smallest absolute Gasteiger partial charge is 0.251 e. The van der Waals surface area contributed by atoms with Crippen LogP contribution in [0.3, 0.4) is 0 Å². The summed E-state index contributed by atoms with van der Waals surface area (Å²) in [7, 11) is 0. The molecule has 0 fully saturated rings. The molecule has 1 aromatic rings. The van der Waals surface area contributed by atoms with Crippen LogP contribution in [0.4, 0.5) is 5.69 Å². The molecule has 0 aromatic heterocycles. The van der Waals surface area contributed by atoms with Crippen molar-refractivity contribution in [2.45, 2.75) is 34.1 Å². The van der Waals surface area contributed by atoms with Gasteiger partial charge in [-0.2, -0.15) is 0 Å². The molecule has 0 atom stereocenters. The molecule has 0 radical (unpaired) electrons. The molecule has 0 spiro atoms. The van der Waals surface area contributed by atoms with Crippen LogP contribution in [-0.2, 0) is 4.74 Å². The maximum absolute atomic E-state index is 12.1. The fourth-order valence-corrected chi connectivity index (χ4v) is 1.90. The molecule has 0 heterocycles. The summed E-state index contributed by atoms with van der Waals surface area (Å²) in [5.41, 5.74) is 9.10. The monoisotopic (exact) mass is 278 g/mol. The number of nitrogens with two attached hydrogens (primary N) is 1. The van der Waals surface area contributed by atoms with Gasteiger partial charge in [0.15, 0.2) is 0 Å². The van der Waals surface area contributed by atoms with E-state index in [9.17, 15) is 4.79 Å². The van der Waals surface area contributed by atoms with Crippen LogP contribution in [0.15, 0.2) is 12.1 Å². The highest BCUT2D eigenvalue weighted by atomic mass is 16.5. The van der Waals surface area contributed by atoms with E-state index in [1.54, 1.807) is 6.07 Å². The minimum atomic E-state index is -0.0712. The molecule has 1 rings (SSSR count). The highest BCUT2D eigenvalue weighted by Gasteiger charge is 2.10. The van der Waals surface area contributed by atoms with E-state index in [-0.39, 0.29) is 5.91 Å². The standard InChI is InChI=1S/C16H26N2O2/c1-11(2)10-20-7-5-6-18-16(19)14-9-15(17)13(4)8-12(14)3/h8-9,11H,5-7,10,17H2,1-4H3,(H,18,19). The van der Waals surface area contributed by atoms with E-state index in [0.717, 1.165) is 24.2 Å². The average molecular weight is 278 g/mol. The summed E-state index contributed by atoms with van der Waals surface area (Å²) in [6.07, 6.45) is 0.818. The summed E-state index contributed by atoms with van der Waals surface area (Å²) in [5, 5.41) is 2.90. The Morgan fingerprint density at radius 2 is 2.00 bits per heavy atom. The number of amides is 1. The molecule has 0 aliphatic heterocycles. The molecule has 20 heavy (non-hydrogen) atoms. The Hall–Kier alpha value is -1.55. The summed E-state index contributed by atoms with van der Waals surface area (Å²) in [5.74, 6) is 0.473. The highest BCUT2D eigenvalue weighted by Crippen LogP contribution is 2.17. The molecular formula is C16H26N2O2. The van der Waals surface area contributed by atoms with Crippen LogP contribution in [-0.4, -0.2) is 25.7 Å². The summed E-state index contributed by atoms with van der Waals surface area (Å²) in [4.78, 5) is 12.1. The molecule has 0 bridgehead atoms. The largest absolute Gasteiger partial charge is 0.398 e. The molecule has 0 saturated heterocycles. The van der Waals surface area contributed by atoms with Crippen molar-refractivity contribution in [1.29, 1.82) is 0 Å². The van der Waals surface area contributed by atoms with Gasteiger partial charge in [-0.15, -0.1) is 0 Å². The second kappa shape index (κ2) is 7.90. The maximum atomic E-state index is 12.1. The molecule has 4 heteroatoms. The van der Waals surface area contributed by atoms with Crippen molar-refractivity contribution in [3.05, 3.63) is 28.8 Å². The van der Waals surface area contributed by atoms with Gasteiger partial charge in [0.2, 0.25) is 0 Å². The maximum Gasteiger partial charge on any atom is 0.251 e. The van der Waals surface area contributed by atoms with E-state index in [4.69, 9.17) is 10.5 Å². The third kappa shape index (κ3) is 5.21. The van der Waals surface area contributed by atoms with Crippen molar-refractivity contribution in [2.24, 2.45) is 5.92 Å². The topological polar surface area (TPSA) is 64.3 Å². The summed E-state index contributed by atoms with van der Waals surface area (Å²) < 4.78 is 5.47. The lowest BCUT2D eigenvalue weighted by Gasteiger charge is -2.11. The number of nitrogens with one attached hydrogen (secondary N) is 1. The zero-order valence-electron chi connectivity index (χ0n) is 13.0. The number of nitrogen functional groups attached to an aromatic ring is 1. The van der Waals surface area contributed by atoms with Crippen molar-refractivity contribution in [3.63, 3.8) is 0 Å². The van der Waals surface area contributed by atoms with Gasteiger partial charge in [0.25, 0.3) is 5.91 Å². The van der Waals surface area contributed by atoms with Crippen molar-refractivity contribution in [3.8, 4) is 0 Å². The van der Waals surface area contributed by atoms with Crippen LogP contribution < -0.4 is 11.1 Å². The molecule has 112 valence electrons. The molecule has 0 aliphatic carbocycles. The van der Waals surface area contributed by atoms with Gasteiger partial charge in [-0.05, 0) is 43.4 Å². The second-order valence-electron chi connectivity index (χ2n) is 5.60. The fraction of sp³-hybridized carbons (Fsp3) is 0.562. The van der Waals surface area contributed by atoms with Crippen molar-refractivity contribution < 1.29 is 9.53 Å². The molecule has 0 saturated carbocycles. The van der Waals surface area contributed by atoms with Gasteiger partial charge in [0.1, 0.15) is 0 Å². The zero-order chi connectivity index (χ0) is 15.1. The van der Waals surface area contributed by atoms with Gasteiger partial charge >= 0.3 is 0 Å². The third-order valence-electron chi connectivity index (χ3n) is 3.06. The lowest BCUT2D eigenvalue weighted by atomic mass is 10.0. The average Bonchev–Trinajstić information content (AvgIpc) is 2.37. The number of ether oxygens (including phenoxy) is 1. The first kappa shape index (κ1) is 16.5.